The number of hydrogen-bond acceptors (Lipinski definition) is 3. The third-order valence-corrected chi connectivity index (χ3v) is 3.06. The molecule has 1 aromatic carbocycles. The van der Waals surface area contributed by atoms with Crippen LogP contribution in [0.5, 0.6) is 5.75 Å². The first-order valence-corrected chi connectivity index (χ1v) is 6.11. The first kappa shape index (κ1) is 14.8. The van der Waals surface area contributed by atoms with E-state index in [0.29, 0.717) is 10.8 Å². The fourth-order valence-electron chi connectivity index (χ4n) is 1.50. The van der Waals surface area contributed by atoms with Crippen molar-refractivity contribution in [3.63, 3.8) is 0 Å². The average Bonchev–Trinajstić information content (AvgIpc) is 2.33. The van der Waals surface area contributed by atoms with E-state index in [1.54, 1.807) is 19.1 Å². The molecule has 0 aliphatic carbocycles. The Balaban J connectivity index is 2.56. The number of halogens is 1. The van der Waals surface area contributed by atoms with Crippen molar-refractivity contribution < 1.29 is 14.6 Å². The summed E-state index contributed by atoms with van der Waals surface area (Å²) in [6.45, 7) is 5.32. The normalized spacial score (nSPS) is 12.1. The second kappa shape index (κ2) is 6.61. The molecule has 100 valence electrons. The van der Waals surface area contributed by atoms with Crippen molar-refractivity contribution in [1.82, 2.24) is 5.32 Å². The van der Waals surface area contributed by atoms with Crippen molar-refractivity contribution in [1.29, 1.82) is 0 Å². The molecule has 18 heavy (non-hydrogen) atoms. The number of nitrogens with one attached hydrogen (secondary N) is 1. The highest BCUT2D eigenvalue weighted by atomic mass is 35.5. The summed E-state index contributed by atoms with van der Waals surface area (Å²) in [5.74, 6) is 0.350. The number of ether oxygens (including phenoxy) is 1. The first-order valence-electron chi connectivity index (χ1n) is 5.73. The lowest BCUT2D eigenvalue weighted by atomic mass is 10.1. The Morgan fingerprint density at radius 2 is 2.00 bits per heavy atom. The predicted molar refractivity (Wildman–Crippen MR) is 71.1 cm³/mol. The van der Waals surface area contributed by atoms with Crippen molar-refractivity contribution in [3.8, 4) is 5.75 Å². The number of aliphatic hydroxyl groups is 1. The summed E-state index contributed by atoms with van der Waals surface area (Å²) < 4.78 is 5.38. The smallest absolute Gasteiger partial charge is 0.258 e. The third-order valence-electron chi connectivity index (χ3n) is 2.46. The standard InChI is InChI=1S/C13H18ClNO3/c1-8-4-11(5-9(2)13(8)14)18-7-12(17)15-10(3)6-16/h4-5,10,16H,6-7H2,1-3H3,(H,15,17). The van der Waals surface area contributed by atoms with Gasteiger partial charge in [-0.25, -0.2) is 0 Å². The third kappa shape index (κ3) is 4.20. The van der Waals surface area contributed by atoms with Crippen LogP contribution in [0.3, 0.4) is 0 Å². The molecule has 1 rings (SSSR count). The zero-order valence-electron chi connectivity index (χ0n) is 10.8. The van der Waals surface area contributed by atoms with Gasteiger partial charge in [0.25, 0.3) is 5.91 Å². The van der Waals surface area contributed by atoms with Crippen LogP contribution in [0.25, 0.3) is 0 Å². The maximum absolute atomic E-state index is 11.4. The highest BCUT2D eigenvalue weighted by Gasteiger charge is 2.08. The van der Waals surface area contributed by atoms with Crippen LogP contribution in [0.15, 0.2) is 12.1 Å². The maximum Gasteiger partial charge on any atom is 0.258 e. The Morgan fingerprint density at radius 1 is 1.44 bits per heavy atom. The molecule has 0 aliphatic heterocycles. The molecule has 0 spiro atoms. The number of carbonyl (C=O) groups excluding carboxylic acids is 1. The lowest BCUT2D eigenvalue weighted by Gasteiger charge is -2.12. The van der Waals surface area contributed by atoms with Crippen LogP contribution in [0.2, 0.25) is 5.02 Å². The molecule has 0 radical (unpaired) electrons. The van der Waals surface area contributed by atoms with Crippen LogP contribution in [0.1, 0.15) is 18.1 Å². The lowest BCUT2D eigenvalue weighted by Crippen LogP contribution is -2.38. The van der Waals surface area contributed by atoms with Gasteiger partial charge in [0.05, 0.1) is 6.61 Å². The van der Waals surface area contributed by atoms with Crippen LogP contribution in [-0.4, -0.2) is 30.3 Å². The highest BCUT2D eigenvalue weighted by Crippen LogP contribution is 2.25. The highest BCUT2D eigenvalue weighted by molar-refractivity contribution is 6.32. The average molecular weight is 272 g/mol. The van der Waals surface area contributed by atoms with Crippen molar-refractivity contribution in [2.24, 2.45) is 0 Å². The Bertz CT molecular complexity index is 411. The van der Waals surface area contributed by atoms with Crippen molar-refractivity contribution in [3.05, 3.63) is 28.3 Å². The summed E-state index contributed by atoms with van der Waals surface area (Å²) in [7, 11) is 0. The Morgan fingerprint density at radius 3 is 2.50 bits per heavy atom. The van der Waals surface area contributed by atoms with E-state index in [2.05, 4.69) is 5.32 Å². The number of hydrogen-bond donors (Lipinski definition) is 2. The zero-order chi connectivity index (χ0) is 13.7. The second-order valence-electron chi connectivity index (χ2n) is 4.31. The SMILES string of the molecule is Cc1cc(OCC(=O)NC(C)CO)cc(C)c1Cl. The van der Waals surface area contributed by atoms with Gasteiger partial charge in [-0.3, -0.25) is 4.79 Å². The van der Waals surface area contributed by atoms with E-state index < -0.39 is 0 Å². The topological polar surface area (TPSA) is 58.6 Å². The Hall–Kier alpha value is -1.26. The fourth-order valence-corrected chi connectivity index (χ4v) is 1.61. The summed E-state index contributed by atoms with van der Waals surface area (Å²) in [4.78, 5) is 11.4. The molecular weight excluding hydrogens is 254 g/mol. The van der Waals surface area contributed by atoms with Crippen LogP contribution in [-0.2, 0) is 4.79 Å². The van der Waals surface area contributed by atoms with E-state index in [4.69, 9.17) is 21.4 Å². The predicted octanol–water partition coefficient (Wildman–Crippen LogP) is 1.83. The molecule has 1 atom stereocenters. The monoisotopic (exact) mass is 271 g/mol. The van der Waals surface area contributed by atoms with Gasteiger partial charge >= 0.3 is 0 Å². The van der Waals surface area contributed by atoms with Crippen LogP contribution in [0, 0.1) is 13.8 Å². The zero-order valence-corrected chi connectivity index (χ0v) is 11.5. The quantitative estimate of drug-likeness (QED) is 0.859. The van der Waals surface area contributed by atoms with E-state index >= 15 is 0 Å². The number of carbonyl (C=O) groups is 1. The van der Waals surface area contributed by atoms with Gasteiger partial charge in [-0.15, -0.1) is 0 Å². The summed E-state index contributed by atoms with van der Waals surface area (Å²) in [6, 6.07) is 3.31. The molecule has 0 bridgehead atoms. The number of benzene rings is 1. The van der Waals surface area contributed by atoms with Gasteiger partial charge in [0, 0.05) is 11.1 Å². The van der Waals surface area contributed by atoms with Gasteiger partial charge < -0.3 is 15.2 Å². The summed E-state index contributed by atoms with van der Waals surface area (Å²) in [6.07, 6.45) is 0. The molecule has 1 aromatic rings. The number of aryl methyl sites for hydroxylation is 2. The molecule has 0 fully saturated rings. The number of rotatable bonds is 5. The van der Waals surface area contributed by atoms with Gasteiger partial charge in [0.2, 0.25) is 0 Å². The second-order valence-corrected chi connectivity index (χ2v) is 4.69. The molecular formula is C13H18ClNO3. The van der Waals surface area contributed by atoms with Crippen LogP contribution >= 0.6 is 11.6 Å². The Labute approximate surface area is 112 Å². The fraction of sp³-hybridized carbons (Fsp3) is 0.462. The van der Waals surface area contributed by atoms with E-state index in [1.807, 2.05) is 13.8 Å². The minimum atomic E-state index is -0.269. The van der Waals surface area contributed by atoms with E-state index in [-0.39, 0.29) is 25.2 Å². The largest absolute Gasteiger partial charge is 0.484 e. The van der Waals surface area contributed by atoms with Gasteiger partial charge in [-0.05, 0) is 44.0 Å². The lowest BCUT2D eigenvalue weighted by molar-refractivity contribution is -0.124. The molecule has 4 nitrogen and oxygen atoms in total. The molecule has 2 N–H and O–H groups in total. The first-order chi connectivity index (χ1) is 8.43. The summed E-state index contributed by atoms with van der Waals surface area (Å²) >= 11 is 6.04. The minimum Gasteiger partial charge on any atom is -0.484 e. The summed E-state index contributed by atoms with van der Waals surface area (Å²) in [5, 5.41) is 12.1. The van der Waals surface area contributed by atoms with Crippen molar-refractivity contribution in [2.75, 3.05) is 13.2 Å². The van der Waals surface area contributed by atoms with E-state index in [1.165, 1.54) is 0 Å². The molecule has 0 saturated heterocycles. The van der Waals surface area contributed by atoms with E-state index in [0.717, 1.165) is 11.1 Å². The number of aliphatic hydroxyl groups excluding tert-OH is 1. The molecule has 0 aromatic heterocycles. The molecule has 1 amide bonds. The van der Waals surface area contributed by atoms with Crippen molar-refractivity contribution in [2.45, 2.75) is 26.8 Å². The molecule has 0 aliphatic rings. The minimum absolute atomic E-state index is 0.0785. The molecule has 0 heterocycles. The van der Waals surface area contributed by atoms with Crippen LogP contribution in [0.4, 0.5) is 0 Å². The van der Waals surface area contributed by atoms with E-state index in [9.17, 15) is 4.79 Å². The van der Waals surface area contributed by atoms with Gasteiger partial charge in [-0.1, -0.05) is 11.6 Å². The summed E-state index contributed by atoms with van der Waals surface area (Å²) in [5.41, 5.74) is 1.83. The molecule has 5 heteroatoms. The van der Waals surface area contributed by atoms with Gasteiger partial charge in [0.15, 0.2) is 6.61 Å². The molecule has 0 saturated carbocycles. The number of amides is 1. The Kier molecular flexibility index (Phi) is 5.44. The molecule has 1 unspecified atom stereocenters. The van der Waals surface area contributed by atoms with Gasteiger partial charge in [0.1, 0.15) is 5.75 Å². The van der Waals surface area contributed by atoms with Crippen molar-refractivity contribution >= 4 is 17.5 Å². The van der Waals surface area contributed by atoms with Gasteiger partial charge in [-0.2, -0.15) is 0 Å². The van der Waals surface area contributed by atoms with Crippen LogP contribution < -0.4 is 10.1 Å². The maximum atomic E-state index is 11.4.